The van der Waals surface area contributed by atoms with Gasteiger partial charge in [0.25, 0.3) is 10.0 Å². The van der Waals surface area contributed by atoms with Crippen molar-refractivity contribution in [2.75, 3.05) is 4.72 Å². The van der Waals surface area contributed by atoms with E-state index in [1.165, 1.54) is 5.56 Å². The van der Waals surface area contributed by atoms with Crippen molar-refractivity contribution in [3.05, 3.63) is 65.2 Å². The molecule has 3 aromatic rings. The van der Waals surface area contributed by atoms with Crippen LogP contribution in [0.1, 0.15) is 35.4 Å². The molecular formula is C21H22N2O3S. The van der Waals surface area contributed by atoms with Gasteiger partial charge in [-0.25, -0.2) is 13.4 Å². The van der Waals surface area contributed by atoms with Gasteiger partial charge in [-0.2, -0.15) is 0 Å². The second kappa shape index (κ2) is 6.85. The summed E-state index contributed by atoms with van der Waals surface area (Å²) in [7, 11) is -3.71. The maximum absolute atomic E-state index is 13.1. The van der Waals surface area contributed by atoms with Crippen LogP contribution in [0, 0.1) is 13.8 Å². The standard InChI is InChI=1S/C21H22N2O3S/c1-14-10-11-17(20-13-22-15(2)26-20)12-21(14)27(24,25)23-19-9-5-7-16-6-3-4-8-18(16)19/h5,7,9-13,23H,3-4,6,8H2,1-2H3. The normalized spacial score (nSPS) is 14.0. The van der Waals surface area contributed by atoms with Crippen LogP contribution in [-0.2, 0) is 22.9 Å². The number of sulfonamides is 1. The number of hydrogen-bond donors (Lipinski definition) is 1. The van der Waals surface area contributed by atoms with Gasteiger partial charge in [0.2, 0.25) is 0 Å². The second-order valence-corrected chi connectivity index (χ2v) is 8.63. The van der Waals surface area contributed by atoms with E-state index in [0.717, 1.165) is 31.2 Å². The fourth-order valence-electron chi connectivity index (χ4n) is 3.61. The first-order valence-electron chi connectivity index (χ1n) is 9.11. The number of rotatable bonds is 4. The first-order valence-corrected chi connectivity index (χ1v) is 10.6. The quantitative estimate of drug-likeness (QED) is 0.714. The molecule has 1 aromatic heterocycles. The Morgan fingerprint density at radius 3 is 2.67 bits per heavy atom. The molecule has 5 nitrogen and oxygen atoms in total. The smallest absolute Gasteiger partial charge is 0.262 e. The predicted molar refractivity (Wildman–Crippen MR) is 105 cm³/mol. The van der Waals surface area contributed by atoms with Gasteiger partial charge in [-0.3, -0.25) is 4.72 Å². The van der Waals surface area contributed by atoms with Gasteiger partial charge in [0, 0.05) is 12.5 Å². The number of oxazole rings is 1. The Hall–Kier alpha value is -2.60. The third-order valence-corrected chi connectivity index (χ3v) is 6.53. The summed E-state index contributed by atoms with van der Waals surface area (Å²) in [5.74, 6) is 1.10. The molecule has 0 amide bonds. The molecule has 27 heavy (non-hydrogen) atoms. The first-order chi connectivity index (χ1) is 12.9. The number of aryl methyl sites for hydroxylation is 3. The summed E-state index contributed by atoms with van der Waals surface area (Å²) in [5.41, 5.74) is 4.42. The summed E-state index contributed by atoms with van der Waals surface area (Å²) < 4.78 is 34.6. The molecule has 0 atom stereocenters. The average molecular weight is 382 g/mol. The number of nitrogens with zero attached hydrogens (tertiary/aromatic N) is 1. The molecule has 1 aliphatic rings. The third kappa shape index (κ3) is 3.49. The number of fused-ring (bicyclic) bond motifs is 1. The summed E-state index contributed by atoms with van der Waals surface area (Å²) >= 11 is 0. The Balaban J connectivity index is 1.72. The Bertz CT molecular complexity index is 1100. The maximum Gasteiger partial charge on any atom is 0.262 e. The minimum atomic E-state index is -3.71. The molecule has 4 rings (SSSR count). The van der Waals surface area contributed by atoms with Crippen molar-refractivity contribution in [3.63, 3.8) is 0 Å². The number of aromatic nitrogens is 1. The molecule has 0 radical (unpaired) electrons. The molecule has 0 saturated heterocycles. The van der Waals surface area contributed by atoms with Crippen LogP contribution in [-0.4, -0.2) is 13.4 Å². The molecule has 1 aliphatic carbocycles. The van der Waals surface area contributed by atoms with Gasteiger partial charge in [0.15, 0.2) is 11.7 Å². The van der Waals surface area contributed by atoms with Crippen LogP contribution >= 0.6 is 0 Å². The summed E-state index contributed by atoms with van der Waals surface area (Å²) in [4.78, 5) is 4.34. The molecule has 0 saturated carbocycles. The molecule has 140 valence electrons. The SMILES string of the molecule is Cc1ncc(-c2ccc(C)c(S(=O)(=O)Nc3cccc4c3CCCC4)c2)o1. The van der Waals surface area contributed by atoms with Gasteiger partial charge >= 0.3 is 0 Å². The van der Waals surface area contributed by atoms with E-state index in [2.05, 4.69) is 15.8 Å². The van der Waals surface area contributed by atoms with E-state index in [-0.39, 0.29) is 4.90 Å². The highest BCUT2D eigenvalue weighted by molar-refractivity contribution is 7.92. The van der Waals surface area contributed by atoms with Gasteiger partial charge in [0.1, 0.15) is 0 Å². The monoisotopic (exact) mass is 382 g/mol. The van der Waals surface area contributed by atoms with Crippen molar-refractivity contribution in [1.29, 1.82) is 0 Å². The number of benzene rings is 2. The second-order valence-electron chi connectivity index (χ2n) is 6.98. The minimum Gasteiger partial charge on any atom is -0.441 e. The van der Waals surface area contributed by atoms with E-state index in [1.54, 1.807) is 32.2 Å². The van der Waals surface area contributed by atoms with Crippen LogP contribution in [0.25, 0.3) is 11.3 Å². The van der Waals surface area contributed by atoms with Crippen molar-refractivity contribution < 1.29 is 12.8 Å². The molecule has 6 heteroatoms. The predicted octanol–water partition coefficient (Wildman–Crippen LogP) is 4.64. The highest BCUT2D eigenvalue weighted by Crippen LogP contribution is 2.31. The van der Waals surface area contributed by atoms with Crippen molar-refractivity contribution >= 4 is 15.7 Å². The minimum absolute atomic E-state index is 0.252. The Morgan fingerprint density at radius 1 is 1.07 bits per heavy atom. The zero-order valence-corrected chi connectivity index (χ0v) is 16.3. The molecule has 0 spiro atoms. The average Bonchev–Trinajstić information content (AvgIpc) is 3.08. The zero-order valence-electron chi connectivity index (χ0n) is 15.5. The summed E-state index contributed by atoms with van der Waals surface area (Å²) in [5, 5.41) is 0. The summed E-state index contributed by atoms with van der Waals surface area (Å²) in [6.07, 6.45) is 5.76. The van der Waals surface area contributed by atoms with E-state index in [9.17, 15) is 8.42 Å². The molecular weight excluding hydrogens is 360 g/mol. The van der Waals surface area contributed by atoms with Crippen LogP contribution in [0.5, 0.6) is 0 Å². The van der Waals surface area contributed by atoms with Gasteiger partial charge in [-0.05, 0) is 61.4 Å². The van der Waals surface area contributed by atoms with E-state index in [0.29, 0.717) is 28.5 Å². The largest absolute Gasteiger partial charge is 0.441 e. The molecule has 0 fully saturated rings. The highest BCUT2D eigenvalue weighted by atomic mass is 32.2. The van der Waals surface area contributed by atoms with Gasteiger partial charge in [0.05, 0.1) is 16.8 Å². The lowest BCUT2D eigenvalue weighted by atomic mass is 9.91. The number of nitrogens with one attached hydrogen (secondary N) is 1. The van der Waals surface area contributed by atoms with Crippen molar-refractivity contribution in [2.45, 2.75) is 44.4 Å². The molecule has 0 unspecified atom stereocenters. The van der Waals surface area contributed by atoms with E-state index < -0.39 is 10.0 Å². The van der Waals surface area contributed by atoms with Gasteiger partial charge in [-0.15, -0.1) is 0 Å². The lowest BCUT2D eigenvalue weighted by Crippen LogP contribution is -2.17. The molecule has 1 heterocycles. The number of hydrogen-bond acceptors (Lipinski definition) is 4. The fraction of sp³-hybridized carbons (Fsp3) is 0.286. The number of anilines is 1. The lowest BCUT2D eigenvalue weighted by Gasteiger charge is -2.20. The first kappa shape index (κ1) is 17.8. The Morgan fingerprint density at radius 2 is 1.89 bits per heavy atom. The van der Waals surface area contributed by atoms with Crippen molar-refractivity contribution in [2.24, 2.45) is 0 Å². The maximum atomic E-state index is 13.1. The molecule has 1 N–H and O–H groups in total. The Labute approximate surface area is 159 Å². The third-order valence-electron chi connectivity index (χ3n) is 5.02. The topological polar surface area (TPSA) is 72.2 Å². The van der Waals surface area contributed by atoms with Crippen LogP contribution in [0.3, 0.4) is 0 Å². The van der Waals surface area contributed by atoms with E-state index >= 15 is 0 Å². The molecule has 0 bridgehead atoms. The molecule has 0 aliphatic heterocycles. The zero-order chi connectivity index (χ0) is 19.0. The van der Waals surface area contributed by atoms with Crippen molar-refractivity contribution in [3.8, 4) is 11.3 Å². The van der Waals surface area contributed by atoms with Crippen LogP contribution in [0.4, 0.5) is 5.69 Å². The lowest BCUT2D eigenvalue weighted by molar-refractivity contribution is 0.534. The van der Waals surface area contributed by atoms with Gasteiger partial charge in [-0.1, -0.05) is 24.3 Å². The van der Waals surface area contributed by atoms with Crippen molar-refractivity contribution in [1.82, 2.24) is 4.98 Å². The van der Waals surface area contributed by atoms with Gasteiger partial charge < -0.3 is 4.42 Å². The highest BCUT2D eigenvalue weighted by Gasteiger charge is 2.21. The van der Waals surface area contributed by atoms with E-state index in [4.69, 9.17) is 4.42 Å². The van der Waals surface area contributed by atoms with Crippen LogP contribution < -0.4 is 4.72 Å². The van der Waals surface area contributed by atoms with Crippen LogP contribution in [0.2, 0.25) is 0 Å². The molecule has 2 aromatic carbocycles. The summed E-state index contributed by atoms with van der Waals surface area (Å²) in [6, 6.07) is 11.1. The fourth-order valence-corrected chi connectivity index (χ4v) is 4.98. The summed E-state index contributed by atoms with van der Waals surface area (Å²) in [6.45, 7) is 3.56. The Kier molecular flexibility index (Phi) is 4.52. The van der Waals surface area contributed by atoms with Crippen LogP contribution in [0.15, 0.2) is 51.9 Å². The van der Waals surface area contributed by atoms with E-state index in [1.807, 2.05) is 18.2 Å².